The van der Waals surface area contributed by atoms with Gasteiger partial charge in [0.25, 0.3) is 17.4 Å². The van der Waals surface area contributed by atoms with Crippen LogP contribution in [-0.2, 0) is 0 Å². The first-order valence-electron chi connectivity index (χ1n) is 9.35. The Hall–Kier alpha value is -2.81. The van der Waals surface area contributed by atoms with Gasteiger partial charge in [-0.15, -0.1) is 0 Å². The molecule has 0 aliphatic carbocycles. The average Bonchev–Trinajstić information content (AvgIpc) is 3.04. The number of nitrogens with zero attached hydrogens (tertiary/aromatic N) is 3. The third-order valence-corrected chi connectivity index (χ3v) is 5.58. The molecule has 2 aliphatic heterocycles. The van der Waals surface area contributed by atoms with Crippen LogP contribution in [0, 0.1) is 0 Å². The zero-order valence-electron chi connectivity index (χ0n) is 15.0. The van der Waals surface area contributed by atoms with Crippen LogP contribution in [-0.4, -0.2) is 57.5 Å². The molecule has 28 heavy (non-hydrogen) atoms. The van der Waals surface area contributed by atoms with Gasteiger partial charge < -0.3 is 15.2 Å². The second kappa shape index (κ2) is 6.10. The van der Waals surface area contributed by atoms with Gasteiger partial charge in [-0.05, 0) is 38.1 Å². The molecule has 0 bridgehead atoms. The molecule has 2 saturated heterocycles. The van der Waals surface area contributed by atoms with Crippen molar-refractivity contribution in [2.45, 2.75) is 24.7 Å². The Morgan fingerprint density at radius 1 is 1.21 bits per heavy atom. The van der Waals surface area contributed by atoms with Gasteiger partial charge in [-0.1, -0.05) is 6.07 Å². The molecule has 1 aromatic carbocycles. The molecule has 5 rings (SSSR count). The molecule has 0 radical (unpaired) electrons. The highest BCUT2D eigenvalue weighted by Crippen LogP contribution is 2.32. The maximum atomic E-state index is 13.2. The summed E-state index contributed by atoms with van der Waals surface area (Å²) in [5.74, 6) is -3.12. The molecule has 2 aliphatic rings. The number of H-pyrrole nitrogens is 1. The van der Waals surface area contributed by atoms with Gasteiger partial charge in [0, 0.05) is 12.0 Å². The van der Waals surface area contributed by atoms with Crippen LogP contribution in [0.5, 0.6) is 0 Å². The maximum absolute atomic E-state index is 13.2. The molecule has 0 atom stereocenters. The van der Waals surface area contributed by atoms with Crippen LogP contribution in [0.25, 0.3) is 16.6 Å². The third kappa shape index (κ3) is 2.69. The first kappa shape index (κ1) is 17.3. The zero-order valence-corrected chi connectivity index (χ0v) is 15.0. The molecular weight excluding hydrogens is 368 g/mol. The van der Waals surface area contributed by atoms with E-state index >= 15 is 0 Å². The average molecular weight is 387 g/mol. The first-order chi connectivity index (χ1) is 13.4. The number of hydrogen-bond acceptors (Lipinski definition) is 4. The quantitative estimate of drug-likeness (QED) is 0.702. The van der Waals surface area contributed by atoms with E-state index < -0.39 is 24.9 Å². The number of amides is 1. The molecule has 2 fully saturated rings. The summed E-state index contributed by atoms with van der Waals surface area (Å²) in [4.78, 5) is 29.1. The van der Waals surface area contributed by atoms with E-state index in [2.05, 4.69) is 15.4 Å². The summed E-state index contributed by atoms with van der Waals surface area (Å²) in [7, 11) is 0. The molecule has 9 heteroatoms. The van der Waals surface area contributed by atoms with Crippen molar-refractivity contribution < 1.29 is 13.6 Å². The number of rotatable bonds is 2. The predicted octanol–water partition coefficient (Wildman–Crippen LogP) is 1.73. The molecule has 2 aromatic heterocycles. The largest absolute Gasteiger partial charge is 0.326 e. The number of alkyl halides is 2. The second-order valence-corrected chi connectivity index (χ2v) is 7.56. The van der Waals surface area contributed by atoms with Crippen molar-refractivity contribution in [3.8, 4) is 0 Å². The fourth-order valence-corrected chi connectivity index (χ4v) is 4.20. The van der Waals surface area contributed by atoms with Crippen LogP contribution >= 0.6 is 0 Å². The van der Waals surface area contributed by atoms with Crippen LogP contribution < -0.4 is 10.9 Å². The number of halogens is 2. The minimum absolute atomic E-state index is 0.189. The van der Waals surface area contributed by atoms with E-state index in [-0.39, 0.29) is 17.0 Å². The SMILES string of the molecule is O=C(c1cccc2nn3c(C4CCNCC4)cc(=O)[nH]c3c12)N1CC(F)(F)C1. The van der Waals surface area contributed by atoms with E-state index in [1.807, 2.05) is 0 Å². The standard InChI is InChI=1S/C19H19F2N5O2/c20-19(21)9-25(10-19)18(28)12-2-1-3-13-16(12)17-23-15(27)8-14(26(17)24-13)11-4-6-22-7-5-11/h1-3,8,11,22H,4-7,9-10H2,(H,23,27). The number of carbonyl (C=O) groups is 1. The van der Waals surface area contributed by atoms with Gasteiger partial charge in [0.1, 0.15) is 5.65 Å². The van der Waals surface area contributed by atoms with Gasteiger partial charge in [-0.2, -0.15) is 5.10 Å². The Bertz CT molecular complexity index is 1140. The van der Waals surface area contributed by atoms with Crippen LogP contribution in [0.1, 0.15) is 34.8 Å². The normalized spacial score (nSPS) is 19.9. The van der Waals surface area contributed by atoms with E-state index in [4.69, 9.17) is 0 Å². The highest BCUT2D eigenvalue weighted by molar-refractivity contribution is 6.11. The fraction of sp³-hybridized carbons (Fsp3) is 0.421. The van der Waals surface area contributed by atoms with Gasteiger partial charge in [0.2, 0.25) is 0 Å². The van der Waals surface area contributed by atoms with Crippen molar-refractivity contribution in [3.63, 3.8) is 0 Å². The van der Waals surface area contributed by atoms with Gasteiger partial charge >= 0.3 is 0 Å². The fourth-order valence-electron chi connectivity index (χ4n) is 4.20. The number of carbonyl (C=O) groups excluding carboxylic acids is 1. The van der Waals surface area contributed by atoms with Gasteiger partial charge in [0.15, 0.2) is 0 Å². The molecule has 0 spiro atoms. The summed E-state index contributed by atoms with van der Waals surface area (Å²) < 4.78 is 28.1. The van der Waals surface area contributed by atoms with Crippen LogP contribution in [0.3, 0.4) is 0 Å². The first-order valence-corrected chi connectivity index (χ1v) is 9.35. The summed E-state index contributed by atoms with van der Waals surface area (Å²) in [5.41, 5.74) is 1.81. The Kier molecular flexibility index (Phi) is 3.77. The van der Waals surface area contributed by atoms with Crippen molar-refractivity contribution >= 4 is 22.5 Å². The minimum Gasteiger partial charge on any atom is -0.326 e. The topological polar surface area (TPSA) is 82.5 Å². The molecule has 2 N–H and O–H groups in total. The molecule has 1 amide bonds. The number of aromatic nitrogens is 3. The third-order valence-electron chi connectivity index (χ3n) is 5.58. The summed E-state index contributed by atoms with van der Waals surface area (Å²) in [6.45, 7) is 0.565. The van der Waals surface area contributed by atoms with E-state index in [0.29, 0.717) is 16.6 Å². The lowest BCUT2D eigenvalue weighted by Gasteiger charge is -2.38. The van der Waals surface area contributed by atoms with Crippen molar-refractivity contribution in [2.24, 2.45) is 0 Å². The van der Waals surface area contributed by atoms with Crippen molar-refractivity contribution in [1.82, 2.24) is 24.8 Å². The summed E-state index contributed by atoms with van der Waals surface area (Å²) in [6.07, 6.45) is 1.78. The van der Waals surface area contributed by atoms with Crippen molar-refractivity contribution in [1.29, 1.82) is 0 Å². The highest BCUT2D eigenvalue weighted by Gasteiger charge is 2.46. The minimum atomic E-state index is -2.83. The lowest BCUT2D eigenvalue weighted by molar-refractivity contribution is -0.113. The molecule has 4 heterocycles. The second-order valence-electron chi connectivity index (χ2n) is 7.56. The number of aromatic amines is 1. The number of benzene rings is 1. The molecular formula is C19H19F2N5O2. The van der Waals surface area contributed by atoms with E-state index in [9.17, 15) is 18.4 Å². The maximum Gasteiger partial charge on any atom is 0.282 e. The Labute approximate surface area is 158 Å². The summed E-state index contributed by atoms with van der Waals surface area (Å²) >= 11 is 0. The number of fused-ring (bicyclic) bond motifs is 3. The van der Waals surface area contributed by atoms with Crippen LogP contribution in [0.15, 0.2) is 29.1 Å². The Morgan fingerprint density at radius 3 is 2.68 bits per heavy atom. The van der Waals surface area contributed by atoms with E-state index in [1.54, 1.807) is 28.8 Å². The Balaban J connectivity index is 1.67. The van der Waals surface area contributed by atoms with Gasteiger partial charge in [-0.3, -0.25) is 9.59 Å². The zero-order chi connectivity index (χ0) is 19.5. The smallest absolute Gasteiger partial charge is 0.282 e. The van der Waals surface area contributed by atoms with Crippen LogP contribution in [0.2, 0.25) is 0 Å². The Morgan fingerprint density at radius 2 is 1.96 bits per heavy atom. The lowest BCUT2D eigenvalue weighted by Crippen LogP contribution is -2.58. The summed E-state index contributed by atoms with van der Waals surface area (Å²) in [6, 6.07) is 6.60. The van der Waals surface area contributed by atoms with Crippen molar-refractivity contribution in [3.05, 3.63) is 45.9 Å². The van der Waals surface area contributed by atoms with Gasteiger partial charge in [-0.25, -0.2) is 13.3 Å². The monoisotopic (exact) mass is 387 g/mol. The number of hydrogen-bond donors (Lipinski definition) is 2. The molecule has 3 aromatic rings. The van der Waals surface area contributed by atoms with Gasteiger partial charge in [0.05, 0.1) is 35.2 Å². The molecule has 0 saturated carbocycles. The molecule has 7 nitrogen and oxygen atoms in total. The number of likely N-dealkylation sites (tertiary alicyclic amines) is 1. The van der Waals surface area contributed by atoms with E-state index in [0.717, 1.165) is 36.5 Å². The number of nitrogens with one attached hydrogen (secondary N) is 2. The molecule has 146 valence electrons. The predicted molar refractivity (Wildman–Crippen MR) is 99.0 cm³/mol. The lowest BCUT2D eigenvalue weighted by atomic mass is 9.94. The summed E-state index contributed by atoms with van der Waals surface area (Å²) in [5, 5.41) is 8.41. The van der Waals surface area contributed by atoms with E-state index in [1.165, 1.54) is 0 Å². The number of piperidine rings is 1. The highest BCUT2D eigenvalue weighted by atomic mass is 19.3. The molecule has 0 unspecified atom stereocenters. The van der Waals surface area contributed by atoms with Crippen molar-refractivity contribution in [2.75, 3.05) is 26.2 Å². The van der Waals surface area contributed by atoms with Crippen LogP contribution in [0.4, 0.5) is 8.78 Å².